The largest absolute Gasteiger partial charge is 0.313 e. The molecule has 3 aliphatic heterocycles. The van der Waals surface area contributed by atoms with Crippen LogP contribution in [-0.2, 0) is 0 Å². The molecule has 3 saturated heterocycles. The molecule has 2 nitrogen and oxygen atoms in total. The highest BCUT2D eigenvalue weighted by molar-refractivity contribution is 5.63. The van der Waals surface area contributed by atoms with E-state index in [2.05, 4.69) is 4.90 Å². The predicted molar refractivity (Wildman–Crippen MR) is 41.5 cm³/mol. The van der Waals surface area contributed by atoms with Crippen LogP contribution in [0.5, 0.6) is 0 Å². The van der Waals surface area contributed by atoms with E-state index in [0.717, 1.165) is 0 Å². The summed E-state index contributed by atoms with van der Waals surface area (Å²) in [7, 11) is 0. The number of fused-ring (bicyclic) bond motifs is 3. The number of nitrogens with one attached hydrogen (secondary N) is 1. The Morgan fingerprint density at radius 3 is 1.90 bits per heavy atom. The lowest BCUT2D eigenvalue weighted by atomic mass is 9.73. The van der Waals surface area contributed by atoms with Gasteiger partial charge in [0.25, 0.3) is 0 Å². The third-order valence-electron chi connectivity index (χ3n) is 3.08. The molecule has 10 heavy (non-hydrogen) atoms. The third kappa shape index (κ3) is 0.788. The van der Waals surface area contributed by atoms with Gasteiger partial charge in [-0.1, -0.05) is 0 Å². The molecule has 2 heteroatoms. The number of rotatable bonds is 1. The molecule has 0 aromatic rings. The van der Waals surface area contributed by atoms with Gasteiger partial charge in [0.05, 0.1) is 0 Å². The lowest BCUT2D eigenvalue weighted by molar-refractivity contribution is 0.0775. The van der Waals surface area contributed by atoms with Crippen LogP contribution in [0.25, 0.3) is 0 Å². The average molecular weight is 138 g/mol. The van der Waals surface area contributed by atoms with Crippen molar-refractivity contribution in [2.75, 3.05) is 19.6 Å². The number of nitrogens with zero attached hydrogens (tertiary/aromatic N) is 1. The minimum Gasteiger partial charge on any atom is -0.313 e. The lowest BCUT2D eigenvalue weighted by Gasteiger charge is -2.46. The van der Waals surface area contributed by atoms with Crippen molar-refractivity contribution in [2.24, 2.45) is 5.41 Å². The van der Waals surface area contributed by atoms with Crippen molar-refractivity contribution >= 4 is 6.21 Å². The highest BCUT2D eigenvalue weighted by Gasteiger charge is 2.37. The van der Waals surface area contributed by atoms with Gasteiger partial charge in [-0.25, -0.2) is 0 Å². The smallest absolute Gasteiger partial charge is 0.00860 e. The zero-order valence-corrected chi connectivity index (χ0v) is 6.27. The summed E-state index contributed by atoms with van der Waals surface area (Å²) < 4.78 is 0. The zero-order chi connectivity index (χ0) is 7.03. The molecule has 56 valence electrons. The first-order valence-corrected chi connectivity index (χ1v) is 4.09. The fourth-order valence-corrected chi connectivity index (χ4v) is 2.07. The van der Waals surface area contributed by atoms with Gasteiger partial charge >= 0.3 is 0 Å². The van der Waals surface area contributed by atoms with Crippen LogP contribution in [0.1, 0.15) is 19.3 Å². The average Bonchev–Trinajstić information content (AvgIpc) is 2.08. The first-order valence-electron chi connectivity index (χ1n) is 4.09. The van der Waals surface area contributed by atoms with Crippen LogP contribution in [0.15, 0.2) is 0 Å². The van der Waals surface area contributed by atoms with Crippen LogP contribution < -0.4 is 0 Å². The molecular weight excluding hydrogens is 124 g/mol. The Morgan fingerprint density at radius 1 is 1.10 bits per heavy atom. The van der Waals surface area contributed by atoms with Gasteiger partial charge in [0.1, 0.15) is 0 Å². The van der Waals surface area contributed by atoms with Gasteiger partial charge in [-0.15, -0.1) is 0 Å². The second-order valence-electron chi connectivity index (χ2n) is 3.60. The van der Waals surface area contributed by atoms with E-state index in [-0.39, 0.29) is 0 Å². The molecule has 1 N–H and O–H groups in total. The number of hydrogen-bond donors (Lipinski definition) is 1. The topological polar surface area (TPSA) is 27.1 Å². The van der Waals surface area contributed by atoms with Crippen LogP contribution in [0, 0.1) is 10.8 Å². The van der Waals surface area contributed by atoms with E-state index >= 15 is 0 Å². The molecule has 0 saturated carbocycles. The first-order chi connectivity index (χ1) is 4.85. The van der Waals surface area contributed by atoms with Crippen LogP contribution in [0.3, 0.4) is 0 Å². The Bertz CT molecular complexity index is 132. The minimum absolute atomic E-state index is 0.328. The summed E-state index contributed by atoms with van der Waals surface area (Å²) in [5.41, 5.74) is 0.328. The summed E-state index contributed by atoms with van der Waals surface area (Å²) >= 11 is 0. The van der Waals surface area contributed by atoms with Crippen molar-refractivity contribution in [3.8, 4) is 0 Å². The zero-order valence-electron chi connectivity index (χ0n) is 6.27. The quantitative estimate of drug-likeness (QED) is 0.540. The highest BCUT2D eigenvalue weighted by atomic mass is 15.1. The van der Waals surface area contributed by atoms with Crippen molar-refractivity contribution < 1.29 is 0 Å². The normalized spacial score (nSPS) is 45.4. The Kier molecular flexibility index (Phi) is 1.31. The standard InChI is InChI=1S/C8H14N2/c9-7-8-1-4-10(5-2-8)6-3-8/h7,9H,1-6H2. The summed E-state index contributed by atoms with van der Waals surface area (Å²) in [6.45, 7) is 3.69. The SMILES string of the molecule is N=CC12CCN(CC1)CC2. The molecule has 0 radical (unpaired) electrons. The molecular formula is C8H14N2. The van der Waals surface area contributed by atoms with Gasteiger partial charge in [0.15, 0.2) is 0 Å². The van der Waals surface area contributed by atoms with Crippen LogP contribution in [-0.4, -0.2) is 30.7 Å². The first kappa shape index (κ1) is 6.35. The molecule has 0 unspecified atom stereocenters. The van der Waals surface area contributed by atoms with E-state index in [1.54, 1.807) is 6.21 Å². The van der Waals surface area contributed by atoms with Gasteiger partial charge in [-0.05, 0) is 38.9 Å². The maximum atomic E-state index is 7.33. The van der Waals surface area contributed by atoms with Crippen LogP contribution in [0.2, 0.25) is 0 Å². The van der Waals surface area contributed by atoms with Gasteiger partial charge in [-0.2, -0.15) is 0 Å². The van der Waals surface area contributed by atoms with Gasteiger partial charge in [-0.3, -0.25) is 0 Å². The molecule has 0 amide bonds. The molecule has 3 fully saturated rings. The van der Waals surface area contributed by atoms with Gasteiger partial charge < -0.3 is 10.3 Å². The van der Waals surface area contributed by atoms with Crippen molar-refractivity contribution in [1.29, 1.82) is 5.41 Å². The Morgan fingerprint density at radius 2 is 1.60 bits per heavy atom. The number of piperidine rings is 3. The number of hydrogen-bond acceptors (Lipinski definition) is 2. The minimum atomic E-state index is 0.328. The summed E-state index contributed by atoms with van der Waals surface area (Å²) in [5, 5.41) is 7.33. The summed E-state index contributed by atoms with van der Waals surface area (Å²) in [5.74, 6) is 0. The Balaban J connectivity index is 2.15. The van der Waals surface area contributed by atoms with E-state index in [9.17, 15) is 0 Å². The fourth-order valence-electron chi connectivity index (χ4n) is 2.07. The van der Waals surface area contributed by atoms with E-state index in [4.69, 9.17) is 5.41 Å². The second kappa shape index (κ2) is 2.06. The molecule has 0 aromatic heterocycles. The molecule has 2 bridgehead atoms. The highest BCUT2D eigenvalue weighted by Crippen LogP contribution is 2.37. The predicted octanol–water partition coefficient (Wildman–Crippen LogP) is 1.12. The Labute approximate surface area is 61.7 Å². The Hall–Kier alpha value is -0.370. The van der Waals surface area contributed by atoms with E-state index < -0.39 is 0 Å². The molecule has 0 spiro atoms. The van der Waals surface area contributed by atoms with Crippen LogP contribution in [0.4, 0.5) is 0 Å². The fraction of sp³-hybridized carbons (Fsp3) is 0.875. The summed E-state index contributed by atoms with van der Waals surface area (Å²) in [6, 6.07) is 0. The molecule has 0 aliphatic carbocycles. The molecule has 3 heterocycles. The second-order valence-corrected chi connectivity index (χ2v) is 3.60. The summed E-state index contributed by atoms with van der Waals surface area (Å²) in [4.78, 5) is 2.51. The monoisotopic (exact) mass is 138 g/mol. The van der Waals surface area contributed by atoms with Crippen molar-refractivity contribution in [1.82, 2.24) is 4.90 Å². The molecule has 0 atom stereocenters. The van der Waals surface area contributed by atoms with E-state index in [1.807, 2.05) is 0 Å². The summed E-state index contributed by atoms with van der Waals surface area (Å²) in [6.07, 6.45) is 5.40. The maximum absolute atomic E-state index is 7.33. The third-order valence-corrected chi connectivity index (χ3v) is 3.08. The van der Waals surface area contributed by atoms with Crippen molar-refractivity contribution in [2.45, 2.75) is 19.3 Å². The van der Waals surface area contributed by atoms with E-state index in [1.165, 1.54) is 38.9 Å². The van der Waals surface area contributed by atoms with Crippen molar-refractivity contribution in [3.05, 3.63) is 0 Å². The molecule has 3 rings (SSSR count). The lowest BCUT2D eigenvalue weighted by Crippen LogP contribution is -2.48. The molecule has 3 aliphatic rings. The van der Waals surface area contributed by atoms with Gasteiger partial charge in [0, 0.05) is 11.6 Å². The maximum Gasteiger partial charge on any atom is 0.00860 e. The van der Waals surface area contributed by atoms with Gasteiger partial charge in [0.2, 0.25) is 0 Å². The van der Waals surface area contributed by atoms with E-state index in [0.29, 0.717) is 5.41 Å². The molecule has 0 aromatic carbocycles. The van der Waals surface area contributed by atoms with Crippen molar-refractivity contribution in [3.63, 3.8) is 0 Å². The van der Waals surface area contributed by atoms with Crippen LogP contribution >= 0.6 is 0 Å².